The van der Waals surface area contributed by atoms with Gasteiger partial charge >= 0.3 is 5.97 Å². The van der Waals surface area contributed by atoms with Crippen LogP contribution in [0.4, 0.5) is 0 Å². The number of carboxylic acids is 1. The van der Waals surface area contributed by atoms with Gasteiger partial charge in [-0.05, 0) is 36.5 Å². The smallest absolute Gasteiger partial charge is 0.326 e. The largest absolute Gasteiger partial charge is 0.508 e. The lowest BCUT2D eigenvalue weighted by molar-refractivity contribution is -0.143. The average Bonchev–Trinajstić information content (AvgIpc) is 2.78. The van der Waals surface area contributed by atoms with Crippen LogP contribution in [-0.4, -0.2) is 69.7 Å². The van der Waals surface area contributed by atoms with Crippen LogP contribution < -0.4 is 27.4 Å². The molecule has 4 amide bonds. The van der Waals surface area contributed by atoms with Crippen molar-refractivity contribution in [1.29, 1.82) is 0 Å². The lowest BCUT2D eigenvalue weighted by Crippen LogP contribution is -2.59. The first-order valence-corrected chi connectivity index (χ1v) is 11.6. The lowest BCUT2D eigenvalue weighted by Gasteiger charge is -2.26. The number of carbonyl (C=O) groups is 5. The number of carboxylic acid groups (broad SMARTS) is 1. The van der Waals surface area contributed by atoms with Crippen LogP contribution in [0.25, 0.3) is 0 Å². The van der Waals surface area contributed by atoms with E-state index < -0.39 is 59.7 Å². The second-order valence-corrected chi connectivity index (χ2v) is 8.72. The fraction of sp³-hybridized carbons (Fsp3) is 0.500. The molecule has 0 heterocycles. The summed E-state index contributed by atoms with van der Waals surface area (Å²) in [5.41, 5.74) is 11.7. The van der Waals surface area contributed by atoms with E-state index in [1.54, 1.807) is 26.0 Å². The molecular formula is C22H33N5O7S. The molecule has 0 aliphatic carbocycles. The zero-order valence-corrected chi connectivity index (χ0v) is 20.5. The molecule has 13 heteroatoms. The van der Waals surface area contributed by atoms with Crippen molar-refractivity contribution in [1.82, 2.24) is 16.0 Å². The van der Waals surface area contributed by atoms with E-state index in [9.17, 15) is 34.2 Å². The highest BCUT2D eigenvalue weighted by Crippen LogP contribution is 2.11. The molecule has 1 rings (SSSR count). The van der Waals surface area contributed by atoms with Gasteiger partial charge in [0.15, 0.2) is 0 Å². The number of nitrogens with two attached hydrogens (primary N) is 2. The van der Waals surface area contributed by atoms with E-state index in [4.69, 9.17) is 11.5 Å². The summed E-state index contributed by atoms with van der Waals surface area (Å²) in [5, 5.41) is 25.9. The first kappa shape index (κ1) is 29.7. The molecule has 194 valence electrons. The number of phenols is 1. The third-order valence-corrected chi connectivity index (χ3v) is 5.45. The van der Waals surface area contributed by atoms with Gasteiger partial charge in [-0.1, -0.05) is 26.0 Å². The summed E-state index contributed by atoms with van der Waals surface area (Å²) in [4.78, 5) is 60.4. The summed E-state index contributed by atoms with van der Waals surface area (Å²) in [6.07, 6.45) is -0.288. The van der Waals surface area contributed by atoms with Crippen LogP contribution in [0.3, 0.4) is 0 Å². The van der Waals surface area contributed by atoms with Crippen LogP contribution in [0.2, 0.25) is 0 Å². The zero-order chi connectivity index (χ0) is 26.7. The van der Waals surface area contributed by atoms with Gasteiger partial charge in [0.25, 0.3) is 0 Å². The summed E-state index contributed by atoms with van der Waals surface area (Å²) in [5.74, 6) is -4.60. The van der Waals surface area contributed by atoms with Crippen molar-refractivity contribution in [3.63, 3.8) is 0 Å². The predicted molar refractivity (Wildman–Crippen MR) is 130 cm³/mol. The summed E-state index contributed by atoms with van der Waals surface area (Å²) in [7, 11) is 0. The van der Waals surface area contributed by atoms with Crippen LogP contribution >= 0.6 is 12.6 Å². The highest BCUT2D eigenvalue weighted by Gasteiger charge is 2.31. The Labute approximate surface area is 208 Å². The molecule has 0 bridgehead atoms. The van der Waals surface area contributed by atoms with Crippen molar-refractivity contribution >= 4 is 42.2 Å². The number of hydrogen-bond acceptors (Lipinski definition) is 8. The molecule has 0 fully saturated rings. The second kappa shape index (κ2) is 14.2. The molecule has 35 heavy (non-hydrogen) atoms. The summed E-state index contributed by atoms with van der Waals surface area (Å²) >= 11 is 4.10. The standard InChI is InChI=1S/C22H33N5O7S/c1-11(2)18(21(32)25-15(22(33)34)7-8-17(24)29)27-20(31)16(10-35)26-19(30)14(23)9-12-3-5-13(28)6-4-12/h3-6,11,14-16,18,28,35H,7-10,23H2,1-2H3,(H2,24,29)(H,25,32)(H,26,30)(H,27,31)(H,33,34). The number of rotatable bonds is 14. The van der Waals surface area contributed by atoms with E-state index in [1.807, 2.05) is 0 Å². The average molecular weight is 512 g/mol. The first-order chi connectivity index (χ1) is 16.3. The molecule has 4 atom stereocenters. The normalized spacial score (nSPS) is 14.3. The molecule has 0 aromatic heterocycles. The van der Waals surface area contributed by atoms with Crippen LogP contribution in [0, 0.1) is 5.92 Å². The highest BCUT2D eigenvalue weighted by atomic mass is 32.1. The molecule has 0 saturated heterocycles. The molecule has 1 aromatic carbocycles. The highest BCUT2D eigenvalue weighted by molar-refractivity contribution is 7.80. The Morgan fingerprint density at radius 1 is 0.943 bits per heavy atom. The van der Waals surface area contributed by atoms with E-state index >= 15 is 0 Å². The van der Waals surface area contributed by atoms with Crippen molar-refractivity contribution in [2.45, 2.75) is 57.3 Å². The minimum Gasteiger partial charge on any atom is -0.508 e. The SMILES string of the molecule is CC(C)C(NC(=O)C(CS)NC(=O)C(N)Cc1ccc(O)cc1)C(=O)NC(CCC(N)=O)C(=O)O. The number of carbonyl (C=O) groups excluding carboxylic acids is 4. The van der Waals surface area contributed by atoms with Crippen LogP contribution in [0.5, 0.6) is 5.75 Å². The van der Waals surface area contributed by atoms with Gasteiger partial charge in [0.05, 0.1) is 6.04 Å². The van der Waals surface area contributed by atoms with Gasteiger partial charge in [-0.3, -0.25) is 19.2 Å². The van der Waals surface area contributed by atoms with E-state index in [-0.39, 0.29) is 30.8 Å². The molecule has 0 aliphatic rings. The van der Waals surface area contributed by atoms with Gasteiger partial charge in [0.2, 0.25) is 23.6 Å². The van der Waals surface area contributed by atoms with E-state index in [0.717, 1.165) is 0 Å². The molecule has 0 spiro atoms. The van der Waals surface area contributed by atoms with Gasteiger partial charge in [-0.25, -0.2) is 4.79 Å². The monoisotopic (exact) mass is 511 g/mol. The number of thiol groups is 1. The van der Waals surface area contributed by atoms with Gasteiger partial charge in [0, 0.05) is 12.2 Å². The maximum atomic E-state index is 12.8. The maximum Gasteiger partial charge on any atom is 0.326 e. The number of aromatic hydroxyl groups is 1. The number of benzene rings is 1. The van der Waals surface area contributed by atoms with Gasteiger partial charge < -0.3 is 37.6 Å². The van der Waals surface area contributed by atoms with Gasteiger partial charge in [0.1, 0.15) is 23.9 Å². The fourth-order valence-electron chi connectivity index (χ4n) is 3.05. The Morgan fingerprint density at radius 3 is 2.00 bits per heavy atom. The minimum atomic E-state index is -1.37. The molecule has 9 N–H and O–H groups in total. The topological polar surface area (TPSA) is 214 Å². The Morgan fingerprint density at radius 2 is 1.51 bits per heavy atom. The summed E-state index contributed by atoms with van der Waals surface area (Å²) < 4.78 is 0. The third-order valence-electron chi connectivity index (χ3n) is 5.09. The second-order valence-electron chi connectivity index (χ2n) is 8.36. The molecular weight excluding hydrogens is 478 g/mol. The number of primary amides is 1. The van der Waals surface area contributed by atoms with Crippen LogP contribution in [0.15, 0.2) is 24.3 Å². The number of amides is 4. The van der Waals surface area contributed by atoms with E-state index in [0.29, 0.717) is 5.56 Å². The Balaban J connectivity index is 2.79. The van der Waals surface area contributed by atoms with Gasteiger partial charge in [-0.15, -0.1) is 0 Å². The lowest BCUT2D eigenvalue weighted by atomic mass is 10.0. The number of phenolic OH excluding ortho intramolecular Hbond substituents is 1. The molecule has 0 radical (unpaired) electrons. The number of hydrogen-bond donors (Lipinski definition) is 8. The van der Waals surface area contributed by atoms with Crippen molar-refractivity contribution in [3.8, 4) is 5.75 Å². The van der Waals surface area contributed by atoms with E-state index in [2.05, 4.69) is 28.6 Å². The van der Waals surface area contributed by atoms with Gasteiger partial charge in [-0.2, -0.15) is 12.6 Å². The van der Waals surface area contributed by atoms with Crippen molar-refractivity contribution < 1.29 is 34.2 Å². The predicted octanol–water partition coefficient (Wildman–Crippen LogP) is -1.35. The molecule has 0 aliphatic heterocycles. The quantitative estimate of drug-likeness (QED) is 0.139. The van der Waals surface area contributed by atoms with Crippen molar-refractivity contribution in [2.24, 2.45) is 17.4 Å². The number of nitrogens with one attached hydrogen (secondary N) is 3. The third kappa shape index (κ3) is 10.2. The maximum absolute atomic E-state index is 12.8. The molecule has 0 saturated carbocycles. The van der Waals surface area contributed by atoms with Crippen molar-refractivity contribution in [2.75, 3.05) is 5.75 Å². The Hall–Kier alpha value is -3.32. The summed E-state index contributed by atoms with van der Waals surface area (Å²) in [6.45, 7) is 3.29. The Bertz CT molecular complexity index is 910. The Kier molecular flexibility index (Phi) is 12.0. The van der Waals surface area contributed by atoms with E-state index in [1.165, 1.54) is 12.1 Å². The zero-order valence-electron chi connectivity index (χ0n) is 19.6. The van der Waals surface area contributed by atoms with Crippen LogP contribution in [-0.2, 0) is 30.4 Å². The minimum absolute atomic E-state index is 0.0740. The van der Waals surface area contributed by atoms with Crippen LogP contribution in [0.1, 0.15) is 32.3 Å². The number of aliphatic carboxylic acids is 1. The summed E-state index contributed by atoms with van der Waals surface area (Å²) in [6, 6.07) is 1.56. The fourth-order valence-corrected chi connectivity index (χ4v) is 3.30. The first-order valence-electron chi connectivity index (χ1n) is 10.9. The molecule has 12 nitrogen and oxygen atoms in total. The molecule has 1 aromatic rings. The van der Waals surface area contributed by atoms with Crippen molar-refractivity contribution in [3.05, 3.63) is 29.8 Å². The molecule has 4 unspecified atom stereocenters.